The van der Waals surface area contributed by atoms with Gasteiger partial charge in [0.2, 0.25) is 0 Å². The number of imidazole rings is 1. The molecule has 0 amide bonds. The minimum Gasteiger partial charge on any atom is -0.497 e. The van der Waals surface area contributed by atoms with Gasteiger partial charge in [0.05, 0.1) is 16.7 Å². The number of nitrogens with zero attached hydrogens (tertiary/aromatic N) is 4. The van der Waals surface area contributed by atoms with Crippen LogP contribution in [0.3, 0.4) is 0 Å². The molecule has 0 bridgehead atoms. The molecule has 0 aliphatic heterocycles. The van der Waals surface area contributed by atoms with E-state index in [0.29, 0.717) is 11.5 Å². The van der Waals surface area contributed by atoms with Gasteiger partial charge in [-0.2, -0.15) is 0 Å². The first-order chi connectivity index (χ1) is 21.3. The van der Waals surface area contributed by atoms with Crippen LogP contribution < -0.4 is 4.74 Å². The van der Waals surface area contributed by atoms with E-state index in [2.05, 4.69) is 98.9 Å². The van der Waals surface area contributed by atoms with Gasteiger partial charge < -0.3 is 18.7 Å². The van der Waals surface area contributed by atoms with Crippen molar-refractivity contribution in [3.8, 4) is 28.4 Å². The van der Waals surface area contributed by atoms with Crippen LogP contribution in [0.5, 0.6) is 11.5 Å². The zero-order valence-electron chi connectivity index (χ0n) is 23.2. The maximum absolute atomic E-state index is 6.29. The molecule has 9 rings (SSSR count). The second kappa shape index (κ2) is 10.5. The summed E-state index contributed by atoms with van der Waals surface area (Å²) >= 11 is 0. The molecule has 0 spiro atoms. The molecule has 0 radical (unpaired) electrons. The van der Waals surface area contributed by atoms with E-state index in [0.717, 1.165) is 49.8 Å². The topological polar surface area (TPSA) is 44.4 Å². The molecule has 4 heterocycles. The standard InChI is InChI=1S/C38H22N4O.Pt/c1-2-10-26(11-3-1)42-35-15-5-4-13-30(35)32-23-36-31(24-37(32)42)29-17-16-28(22-33(29)38-40-19-20-41(36)38)43-27-12-8-9-25(21-27)34-14-6-7-18-39-34;/h1-20,23-24H;/q-2;+2. The number of para-hydroxylation sites is 2. The van der Waals surface area contributed by atoms with Gasteiger partial charge in [-0.05, 0) is 47.5 Å². The Bertz CT molecular complexity index is 2480. The summed E-state index contributed by atoms with van der Waals surface area (Å²) in [6.45, 7) is 0. The molecule has 0 saturated carbocycles. The van der Waals surface area contributed by atoms with Crippen molar-refractivity contribution in [2.45, 2.75) is 0 Å². The molecule has 4 aromatic heterocycles. The van der Waals surface area contributed by atoms with Crippen molar-refractivity contribution in [2.24, 2.45) is 0 Å². The van der Waals surface area contributed by atoms with Crippen molar-refractivity contribution in [2.75, 3.05) is 0 Å². The predicted octanol–water partition coefficient (Wildman–Crippen LogP) is 9.19. The van der Waals surface area contributed by atoms with Gasteiger partial charge in [0.15, 0.2) is 0 Å². The average molecular weight is 746 g/mol. The Kier molecular flexibility index (Phi) is 6.28. The van der Waals surface area contributed by atoms with E-state index in [1.165, 1.54) is 16.3 Å². The van der Waals surface area contributed by atoms with Crippen LogP contribution in [0.25, 0.3) is 66.1 Å². The van der Waals surface area contributed by atoms with Gasteiger partial charge >= 0.3 is 21.1 Å². The monoisotopic (exact) mass is 745 g/mol. The Morgan fingerprint density at radius 1 is 0.568 bits per heavy atom. The molecular formula is C38H22N4OPt. The Morgan fingerprint density at radius 3 is 2.25 bits per heavy atom. The first kappa shape index (κ1) is 26.4. The van der Waals surface area contributed by atoms with Crippen molar-refractivity contribution < 1.29 is 25.8 Å². The molecule has 0 aliphatic carbocycles. The second-order valence-electron chi connectivity index (χ2n) is 10.6. The van der Waals surface area contributed by atoms with E-state index in [-0.39, 0.29) is 21.1 Å². The third kappa shape index (κ3) is 4.12. The summed E-state index contributed by atoms with van der Waals surface area (Å²) < 4.78 is 10.8. The van der Waals surface area contributed by atoms with Crippen LogP contribution in [0.2, 0.25) is 0 Å². The molecule has 0 aliphatic rings. The number of ether oxygens (including phenoxy) is 1. The maximum atomic E-state index is 6.29. The summed E-state index contributed by atoms with van der Waals surface area (Å²) in [7, 11) is 0. The normalized spacial score (nSPS) is 11.5. The summed E-state index contributed by atoms with van der Waals surface area (Å²) in [4.78, 5) is 9.20. The van der Waals surface area contributed by atoms with Crippen molar-refractivity contribution >= 4 is 49.1 Å². The number of rotatable bonds is 4. The Labute approximate surface area is 267 Å². The molecule has 6 heteroatoms. The van der Waals surface area contributed by atoms with Gasteiger partial charge in [-0.1, -0.05) is 77.5 Å². The van der Waals surface area contributed by atoms with Gasteiger partial charge in [-0.25, -0.2) is 0 Å². The summed E-state index contributed by atoms with van der Waals surface area (Å²) in [6, 6.07) is 46.4. The van der Waals surface area contributed by atoms with Gasteiger partial charge in [0.25, 0.3) is 0 Å². The summed E-state index contributed by atoms with van der Waals surface area (Å²) in [6.07, 6.45) is 5.64. The molecule has 9 aromatic rings. The third-order valence-corrected chi connectivity index (χ3v) is 8.07. The third-order valence-electron chi connectivity index (χ3n) is 8.07. The fourth-order valence-corrected chi connectivity index (χ4v) is 6.19. The number of aromatic nitrogens is 4. The maximum Gasteiger partial charge on any atom is 2.00 e. The van der Waals surface area contributed by atoms with Crippen molar-refractivity contribution in [3.05, 3.63) is 146 Å². The molecule has 0 unspecified atom stereocenters. The number of hydrogen-bond donors (Lipinski definition) is 0. The number of pyridine rings is 2. The van der Waals surface area contributed by atoms with Crippen LogP contribution in [-0.2, 0) is 21.1 Å². The Hall–Kier alpha value is -5.25. The van der Waals surface area contributed by atoms with Gasteiger partial charge in [0.1, 0.15) is 0 Å². The number of fused-ring (bicyclic) bond motifs is 9. The molecule has 0 saturated heterocycles. The smallest absolute Gasteiger partial charge is 0.497 e. The van der Waals surface area contributed by atoms with Crippen LogP contribution in [0.15, 0.2) is 134 Å². The molecule has 210 valence electrons. The average Bonchev–Trinajstić information content (AvgIpc) is 3.69. The van der Waals surface area contributed by atoms with E-state index in [1.54, 1.807) is 6.20 Å². The summed E-state index contributed by atoms with van der Waals surface area (Å²) in [5.74, 6) is 1.21. The van der Waals surface area contributed by atoms with Crippen LogP contribution in [0.1, 0.15) is 0 Å². The fourth-order valence-electron chi connectivity index (χ4n) is 6.19. The van der Waals surface area contributed by atoms with Gasteiger partial charge in [-0.15, -0.1) is 29.8 Å². The molecule has 0 N–H and O–H groups in total. The Morgan fingerprint density at radius 2 is 1.36 bits per heavy atom. The van der Waals surface area contributed by atoms with Crippen LogP contribution in [0.4, 0.5) is 0 Å². The van der Waals surface area contributed by atoms with E-state index in [9.17, 15) is 0 Å². The van der Waals surface area contributed by atoms with Crippen LogP contribution in [0, 0.1) is 12.1 Å². The number of hydrogen-bond acceptors (Lipinski definition) is 3. The van der Waals surface area contributed by atoms with Crippen molar-refractivity contribution in [1.82, 2.24) is 18.9 Å². The quantitative estimate of drug-likeness (QED) is 0.133. The summed E-state index contributed by atoms with van der Waals surface area (Å²) in [5, 5.41) is 5.51. The van der Waals surface area contributed by atoms with Crippen molar-refractivity contribution in [1.29, 1.82) is 0 Å². The van der Waals surface area contributed by atoms with E-state index < -0.39 is 0 Å². The van der Waals surface area contributed by atoms with E-state index in [1.807, 2.05) is 54.9 Å². The molecule has 0 fully saturated rings. The minimum atomic E-state index is 0. The molecule has 0 atom stereocenters. The Balaban J connectivity index is 0.00000289. The van der Waals surface area contributed by atoms with Crippen molar-refractivity contribution in [3.63, 3.8) is 0 Å². The fraction of sp³-hybridized carbons (Fsp3) is 0. The minimum absolute atomic E-state index is 0. The van der Waals surface area contributed by atoms with Gasteiger partial charge in [-0.3, -0.25) is 4.98 Å². The molecule has 44 heavy (non-hydrogen) atoms. The largest absolute Gasteiger partial charge is 2.00 e. The summed E-state index contributed by atoms with van der Waals surface area (Å²) in [5.41, 5.74) is 7.12. The molecule has 5 aromatic carbocycles. The van der Waals surface area contributed by atoms with Crippen LogP contribution >= 0.6 is 0 Å². The molecule has 5 nitrogen and oxygen atoms in total. The van der Waals surface area contributed by atoms with E-state index >= 15 is 0 Å². The zero-order chi connectivity index (χ0) is 28.3. The molecular weight excluding hydrogens is 724 g/mol. The first-order valence-corrected chi connectivity index (χ1v) is 14.2. The second-order valence-corrected chi connectivity index (χ2v) is 10.6. The van der Waals surface area contributed by atoms with Gasteiger partial charge in [0, 0.05) is 52.1 Å². The predicted molar refractivity (Wildman–Crippen MR) is 172 cm³/mol. The van der Waals surface area contributed by atoms with E-state index in [4.69, 9.17) is 9.72 Å². The number of benzene rings is 5. The SMILES string of the molecule is [Pt+2].[c-]1c(Oc2[c-]c3c(cc2)c2cc4c(cc2n2ccnc32)c2ccccc2n4-c2ccccc2)cccc1-c1ccccn1. The first-order valence-electron chi connectivity index (χ1n) is 14.2. The van der Waals surface area contributed by atoms with Crippen LogP contribution in [-0.4, -0.2) is 18.9 Å². The zero-order valence-corrected chi connectivity index (χ0v) is 25.5.